The molecule has 1 aromatic carbocycles. The number of halogens is 1. The highest BCUT2D eigenvalue weighted by molar-refractivity contribution is 7.99. The summed E-state index contributed by atoms with van der Waals surface area (Å²) in [7, 11) is 0. The first-order chi connectivity index (χ1) is 9.72. The van der Waals surface area contributed by atoms with Gasteiger partial charge >= 0.3 is 0 Å². The van der Waals surface area contributed by atoms with Gasteiger partial charge in [-0.15, -0.1) is 11.6 Å². The molecule has 3 rings (SSSR count). The van der Waals surface area contributed by atoms with E-state index in [1.165, 1.54) is 31.2 Å². The van der Waals surface area contributed by atoms with Crippen LogP contribution in [0.1, 0.15) is 49.9 Å². The Morgan fingerprint density at radius 1 is 1.30 bits per heavy atom. The average molecular weight is 309 g/mol. The van der Waals surface area contributed by atoms with E-state index in [0.29, 0.717) is 11.3 Å². The maximum absolute atomic E-state index is 6.40. The highest BCUT2D eigenvalue weighted by atomic mass is 35.5. The molecule has 0 radical (unpaired) electrons. The van der Waals surface area contributed by atoms with Gasteiger partial charge in [-0.1, -0.05) is 25.0 Å². The molecule has 1 fully saturated rings. The normalized spacial score (nSPS) is 24.9. The Labute approximate surface area is 129 Å². The van der Waals surface area contributed by atoms with Crippen LogP contribution in [0.2, 0.25) is 0 Å². The lowest BCUT2D eigenvalue weighted by atomic mass is 9.94. The van der Waals surface area contributed by atoms with Crippen molar-refractivity contribution < 1.29 is 0 Å². The first-order valence-corrected chi connectivity index (χ1v) is 9.08. The number of para-hydroxylation sites is 2. The van der Waals surface area contributed by atoms with E-state index in [1.807, 2.05) is 18.7 Å². The Hall–Kier alpha value is -0.670. The molecule has 4 heteroatoms. The van der Waals surface area contributed by atoms with Gasteiger partial charge in [0, 0.05) is 11.3 Å². The summed E-state index contributed by atoms with van der Waals surface area (Å²) < 4.78 is 2.42. The van der Waals surface area contributed by atoms with Crippen molar-refractivity contribution in [2.45, 2.75) is 49.3 Å². The highest BCUT2D eigenvalue weighted by Crippen LogP contribution is 2.39. The van der Waals surface area contributed by atoms with Crippen LogP contribution in [-0.4, -0.2) is 21.1 Å². The van der Waals surface area contributed by atoms with Crippen molar-refractivity contribution in [3.8, 4) is 0 Å². The van der Waals surface area contributed by atoms with Crippen LogP contribution in [0.25, 0.3) is 11.0 Å². The SMILES string of the molecule is CSC1CCCCC1n1c(C(C)Cl)nc2ccccc21. The third-order valence-corrected chi connectivity index (χ3v) is 5.63. The molecule has 3 unspecified atom stereocenters. The second kappa shape index (κ2) is 5.98. The number of hydrogen-bond acceptors (Lipinski definition) is 2. The van der Waals surface area contributed by atoms with Gasteiger partial charge in [0.1, 0.15) is 5.82 Å². The Morgan fingerprint density at radius 3 is 2.80 bits per heavy atom. The average Bonchev–Trinajstić information content (AvgIpc) is 2.86. The quantitative estimate of drug-likeness (QED) is 0.727. The molecule has 0 bridgehead atoms. The zero-order chi connectivity index (χ0) is 14.1. The second-order valence-corrected chi connectivity index (χ2v) is 7.30. The van der Waals surface area contributed by atoms with Gasteiger partial charge in [0.25, 0.3) is 0 Å². The summed E-state index contributed by atoms with van der Waals surface area (Å²) in [5, 5.41) is 0.627. The molecular formula is C16H21ClN2S. The lowest BCUT2D eigenvalue weighted by Crippen LogP contribution is -2.26. The molecule has 3 atom stereocenters. The van der Waals surface area contributed by atoms with Crippen molar-refractivity contribution in [1.82, 2.24) is 9.55 Å². The largest absolute Gasteiger partial charge is 0.322 e. The minimum Gasteiger partial charge on any atom is -0.322 e. The van der Waals surface area contributed by atoms with Crippen molar-refractivity contribution in [3.63, 3.8) is 0 Å². The van der Waals surface area contributed by atoms with Crippen LogP contribution in [0, 0.1) is 0 Å². The summed E-state index contributed by atoms with van der Waals surface area (Å²) in [6, 6.07) is 8.94. The van der Waals surface area contributed by atoms with Crippen molar-refractivity contribution in [2.75, 3.05) is 6.26 Å². The zero-order valence-corrected chi connectivity index (χ0v) is 13.6. The van der Waals surface area contributed by atoms with Crippen LogP contribution in [-0.2, 0) is 0 Å². The van der Waals surface area contributed by atoms with Gasteiger partial charge in [-0.3, -0.25) is 0 Å². The number of fused-ring (bicyclic) bond motifs is 1. The lowest BCUT2D eigenvalue weighted by Gasteiger charge is -2.33. The molecule has 0 spiro atoms. The minimum absolute atomic E-state index is 0.0492. The smallest absolute Gasteiger partial charge is 0.128 e. The van der Waals surface area contributed by atoms with E-state index in [9.17, 15) is 0 Å². The molecule has 0 amide bonds. The van der Waals surface area contributed by atoms with Gasteiger partial charge in [-0.25, -0.2) is 4.98 Å². The predicted octanol–water partition coefficient (Wildman–Crippen LogP) is 5.18. The zero-order valence-electron chi connectivity index (χ0n) is 12.1. The Morgan fingerprint density at radius 2 is 2.05 bits per heavy atom. The number of rotatable bonds is 3. The molecule has 2 nitrogen and oxygen atoms in total. The fraction of sp³-hybridized carbons (Fsp3) is 0.562. The molecule has 2 aromatic rings. The first-order valence-electron chi connectivity index (χ1n) is 7.36. The summed E-state index contributed by atoms with van der Waals surface area (Å²) >= 11 is 8.39. The summed E-state index contributed by atoms with van der Waals surface area (Å²) in [5.74, 6) is 1.03. The van der Waals surface area contributed by atoms with Gasteiger partial charge in [0.15, 0.2) is 0 Å². The standard InChI is InChI=1S/C16H21ClN2S/c1-11(17)16-18-12-7-3-4-8-13(12)19(16)14-9-5-6-10-15(14)20-2/h3-4,7-8,11,14-15H,5-6,9-10H2,1-2H3. The number of nitrogens with zero attached hydrogens (tertiary/aromatic N) is 2. The molecule has 0 aliphatic heterocycles. The minimum atomic E-state index is -0.0492. The van der Waals surface area contributed by atoms with Crippen LogP contribution in [0.15, 0.2) is 24.3 Å². The van der Waals surface area contributed by atoms with Crippen molar-refractivity contribution in [1.29, 1.82) is 0 Å². The van der Waals surface area contributed by atoms with Crippen LogP contribution < -0.4 is 0 Å². The van der Waals surface area contributed by atoms with E-state index in [-0.39, 0.29) is 5.38 Å². The molecule has 1 saturated carbocycles. The van der Waals surface area contributed by atoms with Crippen molar-refractivity contribution >= 4 is 34.4 Å². The predicted molar refractivity (Wildman–Crippen MR) is 88.8 cm³/mol. The van der Waals surface area contributed by atoms with Crippen molar-refractivity contribution in [3.05, 3.63) is 30.1 Å². The number of benzene rings is 1. The molecule has 0 saturated heterocycles. The number of thioether (sulfide) groups is 1. The molecule has 0 N–H and O–H groups in total. The Balaban J connectivity index is 2.14. The van der Waals surface area contributed by atoms with Gasteiger partial charge in [-0.2, -0.15) is 11.8 Å². The van der Waals surface area contributed by atoms with E-state index in [0.717, 1.165) is 11.3 Å². The summed E-state index contributed by atoms with van der Waals surface area (Å²) in [6.45, 7) is 2.02. The topological polar surface area (TPSA) is 17.8 Å². The highest BCUT2D eigenvalue weighted by Gasteiger charge is 2.29. The fourth-order valence-electron chi connectivity index (χ4n) is 3.34. The molecule has 108 valence electrons. The van der Waals surface area contributed by atoms with Crippen LogP contribution in [0.3, 0.4) is 0 Å². The third kappa shape index (κ3) is 2.46. The fourth-order valence-corrected chi connectivity index (χ4v) is 4.47. The summed E-state index contributed by atoms with van der Waals surface area (Å²) in [6.07, 6.45) is 7.42. The van der Waals surface area contributed by atoms with E-state index >= 15 is 0 Å². The van der Waals surface area contributed by atoms with Crippen LogP contribution in [0.5, 0.6) is 0 Å². The van der Waals surface area contributed by atoms with Crippen LogP contribution >= 0.6 is 23.4 Å². The van der Waals surface area contributed by atoms with Gasteiger partial charge in [0.2, 0.25) is 0 Å². The third-order valence-electron chi connectivity index (χ3n) is 4.28. The number of hydrogen-bond donors (Lipinski definition) is 0. The second-order valence-electron chi connectivity index (χ2n) is 5.57. The number of imidazole rings is 1. The maximum atomic E-state index is 6.40. The van der Waals surface area contributed by atoms with E-state index < -0.39 is 0 Å². The number of alkyl halides is 1. The molecule has 1 aromatic heterocycles. The van der Waals surface area contributed by atoms with E-state index in [4.69, 9.17) is 16.6 Å². The monoisotopic (exact) mass is 308 g/mol. The molecule has 1 aliphatic rings. The van der Waals surface area contributed by atoms with Gasteiger partial charge in [0.05, 0.1) is 16.4 Å². The summed E-state index contributed by atoms with van der Waals surface area (Å²) in [5.41, 5.74) is 2.31. The molecule has 20 heavy (non-hydrogen) atoms. The molecular weight excluding hydrogens is 288 g/mol. The lowest BCUT2D eigenvalue weighted by molar-refractivity contribution is 0.363. The molecule has 1 heterocycles. The van der Waals surface area contributed by atoms with Gasteiger partial charge < -0.3 is 4.57 Å². The number of aromatic nitrogens is 2. The summed E-state index contributed by atoms with van der Waals surface area (Å²) in [4.78, 5) is 4.78. The maximum Gasteiger partial charge on any atom is 0.128 e. The van der Waals surface area contributed by atoms with Gasteiger partial charge in [-0.05, 0) is 38.2 Å². The van der Waals surface area contributed by atoms with Crippen LogP contribution in [0.4, 0.5) is 0 Å². The Bertz CT molecular complexity index is 593. The van der Waals surface area contributed by atoms with E-state index in [1.54, 1.807) is 0 Å². The molecule has 1 aliphatic carbocycles. The van der Waals surface area contributed by atoms with Crippen molar-refractivity contribution in [2.24, 2.45) is 0 Å². The van der Waals surface area contributed by atoms with E-state index in [2.05, 4.69) is 35.1 Å². The first kappa shape index (κ1) is 14.3. The Kier molecular flexibility index (Phi) is 4.27.